The van der Waals surface area contributed by atoms with Gasteiger partial charge >= 0.3 is 0 Å². The van der Waals surface area contributed by atoms with E-state index in [1.54, 1.807) is 49.7 Å². The molecule has 0 radical (unpaired) electrons. The van der Waals surface area contributed by atoms with Gasteiger partial charge in [0.15, 0.2) is 0 Å². The number of aromatic nitrogens is 2. The Morgan fingerprint density at radius 1 is 1.33 bits per heavy atom. The number of anilines is 1. The lowest BCUT2D eigenvalue weighted by Gasteiger charge is -2.11. The smallest absolute Gasteiger partial charge is 0.259 e. The molecular weight excluding hydrogens is 400 g/mol. The third-order valence-electron chi connectivity index (χ3n) is 4.42. The van der Waals surface area contributed by atoms with E-state index in [1.165, 1.54) is 0 Å². The van der Waals surface area contributed by atoms with E-state index in [-0.39, 0.29) is 12.5 Å². The number of fused-ring (bicyclic) bond motifs is 1. The summed E-state index contributed by atoms with van der Waals surface area (Å²) >= 11 is 6.30. The average Bonchev–Trinajstić information content (AvgIpc) is 3.13. The molecule has 154 valence electrons. The van der Waals surface area contributed by atoms with Crippen LogP contribution < -0.4 is 5.32 Å². The Labute approximate surface area is 180 Å². The summed E-state index contributed by atoms with van der Waals surface area (Å²) in [6, 6.07) is 9.00. The Morgan fingerprint density at radius 2 is 2.13 bits per heavy atom. The summed E-state index contributed by atoms with van der Waals surface area (Å²) in [5.74, 6) is 0.324. The normalized spacial score (nSPS) is 11.8. The molecule has 1 aromatic carbocycles. The zero-order chi connectivity index (χ0) is 21.7. The van der Waals surface area contributed by atoms with Crippen LogP contribution in [-0.2, 0) is 11.3 Å². The Bertz CT molecular complexity index is 1160. The fourth-order valence-electron chi connectivity index (χ4n) is 3.07. The first-order chi connectivity index (χ1) is 14.4. The van der Waals surface area contributed by atoms with Crippen molar-refractivity contribution in [2.24, 2.45) is 4.99 Å². The van der Waals surface area contributed by atoms with Crippen LogP contribution in [0, 0.1) is 13.8 Å². The van der Waals surface area contributed by atoms with Gasteiger partial charge in [0.1, 0.15) is 18.0 Å². The molecule has 1 amide bonds. The first-order valence-corrected chi connectivity index (χ1v) is 9.73. The maximum Gasteiger partial charge on any atom is 0.259 e. The van der Waals surface area contributed by atoms with Crippen LogP contribution in [0.3, 0.4) is 0 Å². The molecule has 0 spiro atoms. The monoisotopic (exact) mass is 422 g/mol. The van der Waals surface area contributed by atoms with E-state index in [2.05, 4.69) is 21.9 Å². The minimum absolute atomic E-state index is 0.226. The summed E-state index contributed by atoms with van der Waals surface area (Å²) in [4.78, 5) is 21.3. The number of hydrogen-bond donors (Lipinski definition) is 1. The number of carbonyl (C=O) groups excluding carboxylic acids is 1. The number of amides is 1. The van der Waals surface area contributed by atoms with Crippen molar-refractivity contribution in [3.8, 4) is 0 Å². The van der Waals surface area contributed by atoms with E-state index < -0.39 is 0 Å². The largest absolute Gasteiger partial charge is 0.487 e. The summed E-state index contributed by atoms with van der Waals surface area (Å²) in [5, 5.41) is 3.46. The van der Waals surface area contributed by atoms with Gasteiger partial charge in [-0.15, -0.1) is 0 Å². The highest BCUT2D eigenvalue weighted by atomic mass is 35.5. The molecule has 7 heteroatoms. The number of ether oxygens (including phenoxy) is 1. The summed E-state index contributed by atoms with van der Waals surface area (Å²) in [7, 11) is 1.66. The van der Waals surface area contributed by atoms with Crippen molar-refractivity contribution in [1.82, 2.24) is 9.38 Å². The van der Waals surface area contributed by atoms with E-state index >= 15 is 0 Å². The first-order valence-electron chi connectivity index (χ1n) is 9.35. The second kappa shape index (κ2) is 9.41. The number of halogens is 1. The second-order valence-electron chi connectivity index (χ2n) is 6.70. The number of carbonyl (C=O) groups is 1. The van der Waals surface area contributed by atoms with Crippen LogP contribution >= 0.6 is 11.6 Å². The summed E-state index contributed by atoms with van der Waals surface area (Å²) in [5.41, 5.74) is 4.36. The fraction of sp³-hybridized carbons (Fsp3) is 0.174. The van der Waals surface area contributed by atoms with Gasteiger partial charge in [0, 0.05) is 40.9 Å². The maximum absolute atomic E-state index is 12.9. The van der Waals surface area contributed by atoms with Gasteiger partial charge < -0.3 is 14.5 Å². The van der Waals surface area contributed by atoms with E-state index in [4.69, 9.17) is 16.3 Å². The molecule has 3 rings (SSSR count). The van der Waals surface area contributed by atoms with Crippen molar-refractivity contribution in [2.75, 3.05) is 12.4 Å². The SMILES string of the molecule is C=C/C=C(\C=NC)OCc1cc(NC(=O)c2ccn3c(C)cc(C)nc23)ccc1Cl. The summed E-state index contributed by atoms with van der Waals surface area (Å²) in [6.07, 6.45) is 6.77. The zero-order valence-electron chi connectivity index (χ0n) is 17.1. The summed E-state index contributed by atoms with van der Waals surface area (Å²) in [6.45, 7) is 7.77. The van der Waals surface area contributed by atoms with Gasteiger partial charge in [-0.3, -0.25) is 9.79 Å². The number of allylic oxidation sites excluding steroid dienone is 3. The number of aryl methyl sites for hydroxylation is 2. The van der Waals surface area contributed by atoms with E-state index in [0.29, 0.717) is 27.7 Å². The minimum Gasteiger partial charge on any atom is -0.487 e. The molecule has 0 bridgehead atoms. The molecule has 0 atom stereocenters. The highest BCUT2D eigenvalue weighted by Gasteiger charge is 2.15. The van der Waals surface area contributed by atoms with Crippen LogP contribution in [0.1, 0.15) is 27.3 Å². The van der Waals surface area contributed by atoms with Crippen molar-refractivity contribution in [1.29, 1.82) is 0 Å². The van der Waals surface area contributed by atoms with Crippen LogP contribution in [0.2, 0.25) is 5.02 Å². The quantitative estimate of drug-likeness (QED) is 0.325. The van der Waals surface area contributed by atoms with Gasteiger partial charge in [0.05, 0.1) is 11.8 Å². The van der Waals surface area contributed by atoms with Crippen molar-refractivity contribution >= 4 is 35.1 Å². The molecule has 30 heavy (non-hydrogen) atoms. The van der Waals surface area contributed by atoms with Crippen LogP contribution in [-0.4, -0.2) is 28.6 Å². The lowest BCUT2D eigenvalue weighted by atomic mass is 10.2. The van der Waals surface area contributed by atoms with Crippen LogP contribution in [0.15, 0.2) is 66.0 Å². The van der Waals surface area contributed by atoms with Gasteiger partial charge in [-0.2, -0.15) is 0 Å². The Morgan fingerprint density at radius 3 is 2.87 bits per heavy atom. The van der Waals surface area contributed by atoms with Crippen LogP contribution in [0.4, 0.5) is 5.69 Å². The number of nitrogens with one attached hydrogen (secondary N) is 1. The van der Waals surface area contributed by atoms with E-state index in [0.717, 1.165) is 17.0 Å². The molecule has 0 aliphatic carbocycles. The topological polar surface area (TPSA) is 68.0 Å². The Kier molecular flexibility index (Phi) is 6.69. The molecule has 3 aromatic rings. The predicted molar refractivity (Wildman–Crippen MR) is 122 cm³/mol. The van der Waals surface area contributed by atoms with Gasteiger partial charge in [0.25, 0.3) is 5.91 Å². The molecule has 2 heterocycles. The van der Waals surface area contributed by atoms with Gasteiger partial charge in [-0.25, -0.2) is 4.98 Å². The number of rotatable bonds is 7. The van der Waals surface area contributed by atoms with Gasteiger partial charge in [0.2, 0.25) is 0 Å². The number of nitrogens with zero attached hydrogens (tertiary/aromatic N) is 3. The van der Waals surface area contributed by atoms with Crippen LogP contribution in [0.5, 0.6) is 0 Å². The lowest BCUT2D eigenvalue weighted by molar-refractivity contribution is 0.102. The van der Waals surface area contributed by atoms with Crippen molar-refractivity contribution in [3.05, 3.63) is 88.6 Å². The molecule has 0 saturated carbocycles. The molecular formula is C23H23ClN4O2. The molecule has 2 aromatic heterocycles. The Balaban J connectivity index is 1.81. The van der Waals surface area contributed by atoms with Crippen molar-refractivity contribution < 1.29 is 9.53 Å². The zero-order valence-corrected chi connectivity index (χ0v) is 17.9. The third kappa shape index (κ3) is 4.78. The van der Waals surface area contributed by atoms with Crippen molar-refractivity contribution in [3.63, 3.8) is 0 Å². The van der Waals surface area contributed by atoms with Gasteiger partial charge in [-0.1, -0.05) is 24.3 Å². The fourth-order valence-corrected chi connectivity index (χ4v) is 3.24. The number of hydrogen-bond acceptors (Lipinski definition) is 4. The summed E-state index contributed by atoms with van der Waals surface area (Å²) < 4.78 is 7.63. The molecule has 0 aliphatic rings. The maximum atomic E-state index is 12.9. The first kappa shape index (κ1) is 21.3. The molecule has 0 unspecified atom stereocenters. The van der Waals surface area contributed by atoms with E-state index in [1.807, 2.05) is 30.5 Å². The lowest BCUT2D eigenvalue weighted by Crippen LogP contribution is -2.13. The number of benzene rings is 1. The van der Waals surface area contributed by atoms with Gasteiger partial charge in [-0.05, 0) is 50.3 Å². The average molecular weight is 423 g/mol. The second-order valence-corrected chi connectivity index (χ2v) is 7.11. The molecule has 0 saturated heterocycles. The molecule has 0 fully saturated rings. The molecule has 6 nitrogen and oxygen atoms in total. The van der Waals surface area contributed by atoms with Crippen molar-refractivity contribution in [2.45, 2.75) is 20.5 Å². The molecule has 0 aliphatic heterocycles. The Hall–Kier alpha value is -3.38. The number of aliphatic imine (C=N–C) groups is 1. The molecule has 1 N–H and O–H groups in total. The highest BCUT2D eigenvalue weighted by Crippen LogP contribution is 2.23. The third-order valence-corrected chi connectivity index (χ3v) is 4.79. The van der Waals surface area contributed by atoms with Crippen LogP contribution in [0.25, 0.3) is 5.65 Å². The predicted octanol–water partition coefficient (Wildman–Crippen LogP) is 5.14. The van der Waals surface area contributed by atoms with E-state index in [9.17, 15) is 4.79 Å². The minimum atomic E-state index is -0.241. The standard InChI is InChI=1S/C23H23ClN4O2/c1-5-6-19(13-25-4)30-14-17-12-18(7-8-21(17)24)27-23(29)20-9-10-28-16(3)11-15(2)26-22(20)28/h5-13H,1,14H2,2-4H3,(H,27,29)/b19-6+,25-13?. The highest BCUT2D eigenvalue weighted by molar-refractivity contribution is 6.31.